The van der Waals surface area contributed by atoms with Crippen LogP contribution in [-0.2, 0) is 16.1 Å². The van der Waals surface area contributed by atoms with Gasteiger partial charge in [-0.2, -0.15) is 0 Å². The molecule has 0 saturated carbocycles. The molecule has 6 nitrogen and oxygen atoms in total. The fraction of sp³-hybridized carbons (Fsp3) is 0.364. The monoisotopic (exact) mass is 380 g/mol. The Kier molecular flexibility index (Phi) is 6.53. The van der Waals surface area contributed by atoms with Crippen molar-refractivity contribution in [1.29, 1.82) is 0 Å². The van der Waals surface area contributed by atoms with E-state index in [1.807, 2.05) is 24.3 Å². The summed E-state index contributed by atoms with van der Waals surface area (Å²) >= 11 is 0. The van der Waals surface area contributed by atoms with Gasteiger partial charge in [-0.1, -0.05) is 19.1 Å². The number of nitrogens with zero attached hydrogens (tertiary/aromatic N) is 1. The summed E-state index contributed by atoms with van der Waals surface area (Å²) in [6.07, 6.45) is 2.23. The second kappa shape index (κ2) is 9.26. The zero-order chi connectivity index (χ0) is 19.9. The van der Waals surface area contributed by atoms with E-state index >= 15 is 0 Å². The smallest absolute Gasteiger partial charge is 0.229 e. The molecule has 4 N–H and O–H groups in total. The number of rotatable bonds is 7. The Balaban J connectivity index is 1.51. The zero-order valence-electron chi connectivity index (χ0n) is 16.3. The lowest BCUT2D eigenvalue weighted by atomic mass is 9.99. The molecule has 1 aliphatic rings. The first-order chi connectivity index (χ1) is 13.5. The second-order valence-electron chi connectivity index (χ2n) is 7.46. The molecule has 2 aromatic carbocycles. The van der Waals surface area contributed by atoms with Crippen LogP contribution in [0.4, 0.5) is 17.1 Å². The predicted molar refractivity (Wildman–Crippen MR) is 112 cm³/mol. The Labute approximate surface area is 166 Å². The van der Waals surface area contributed by atoms with E-state index in [2.05, 4.69) is 46.7 Å². The zero-order valence-corrected chi connectivity index (χ0v) is 16.3. The predicted octanol–water partition coefficient (Wildman–Crippen LogP) is 3.16. The standard InChI is InChI=1S/C22H28N4O2/c1-16-10-12-26(13-11-16)20-8-6-19(7-9-20)25-18-4-2-17(3-5-18)15-24-22(28)14-21(23)27/h2-9,16,25H,10-15H2,1H3,(H2,23,27)(H,24,28). The SMILES string of the molecule is CC1CCN(c2ccc(Nc3ccc(CNC(=O)CC(N)=O)cc3)cc2)CC1. The van der Waals surface area contributed by atoms with E-state index in [-0.39, 0.29) is 12.3 Å². The first-order valence-corrected chi connectivity index (χ1v) is 9.75. The molecule has 1 fully saturated rings. The summed E-state index contributed by atoms with van der Waals surface area (Å²) in [7, 11) is 0. The van der Waals surface area contributed by atoms with Crippen molar-refractivity contribution >= 4 is 28.9 Å². The summed E-state index contributed by atoms with van der Waals surface area (Å²) in [6, 6.07) is 16.4. The van der Waals surface area contributed by atoms with E-state index in [0.29, 0.717) is 6.54 Å². The molecular weight excluding hydrogens is 352 g/mol. The Morgan fingerprint density at radius 1 is 1.00 bits per heavy atom. The molecule has 0 atom stereocenters. The van der Waals surface area contributed by atoms with Crippen molar-refractivity contribution in [1.82, 2.24) is 5.32 Å². The summed E-state index contributed by atoms with van der Waals surface area (Å²) in [5.74, 6) is -0.160. The summed E-state index contributed by atoms with van der Waals surface area (Å²) in [5.41, 5.74) is 9.25. The number of carbonyl (C=O) groups is 2. The first-order valence-electron chi connectivity index (χ1n) is 9.75. The van der Waals surface area contributed by atoms with Crippen LogP contribution in [-0.4, -0.2) is 24.9 Å². The summed E-state index contributed by atoms with van der Waals surface area (Å²) in [4.78, 5) is 24.6. The fourth-order valence-corrected chi connectivity index (χ4v) is 3.32. The van der Waals surface area contributed by atoms with Crippen molar-refractivity contribution in [2.24, 2.45) is 11.7 Å². The lowest BCUT2D eigenvalue weighted by molar-refractivity contribution is -0.127. The van der Waals surface area contributed by atoms with Crippen molar-refractivity contribution in [2.75, 3.05) is 23.3 Å². The molecule has 0 unspecified atom stereocenters. The molecule has 3 rings (SSSR count). The maximum absolute atomic E-state index is 11.5. The maximum Gasteiger partial charge on any atom is 0.229 e. The molecule has 0 radical (unpaired) electrons. The molecule has 0 aromatic heterocycles. The lowest BCUT2D eigenvalue weighted by Crippen LogP contribution is -2.32. The maximum atomic E-state index is 11.5. The molecular formula is C22H28N4O2. The van der Waals surface area contributed by atoms with Crippen molar-refractivity contribution in [3.8, 4) is 0 Å². The highest BCUT2D eigenvalue weighted by atomic mass is 16.2. The van der Waals surface area contributed by atoms with Gasteiger partial charge in [-0.05, 0) is 60.7 Å². The normalized spacial score (nSPS) is 14.5. The number of anilines is 3. The Morgan fingerprint density at radius 2 is 1.57 bits per heavy atom. The molecule has 1 aliphatic heterocycles. The number of amides is 2. The lowest BCUT2D eigenvalue weighted by Gasteiger charge is -2.32. The summed E-state index contributed by atoms with van der Waals surface area (Å²) in [5, 5.41) is 6.07. The fourth-order valence-electron chi connectivity index (χ4n) is 3.32. The highest BCUT2D eigenvalue weighted by molar-refractivity contribution is 5.95. The van der Waals surface area contributed by atoms with E-state index in [1.54, 1.807) is 0 Å². The van der Waals surface area contributed by atoms with Gasteiger partial charge in [0.2, 0.25) is 11.8 Å². The quantitative estimate of drug-likeness (QED) is 0.644. The first kappa shape index (κ1) is 19.7. The summed E-state index contributed by atoms with van der Waals surface area (Å²) < 4.78 is 0. The van der Waals surface area contributed by atoms with Crippen LogP contribution in [0, 0.1) is 5.92 Å². The molecule has 1 heterocycles. The van der Waals surface area contributed by atoms with Crippen LogP contribution >= 0.6 is 0 Å². The number of primary amides is 1. The van der Waals surface area contributed by atoms with Crippen LogP contribution in [0.25, 0.3) is 0 Å². The van der Waals surface area contributed by atoms with Crippen LogP contribution in [0.3, 0.4) is 0 Å². The number of nitrogens with two attached hydrogens (primary N) is 1. The van der Waals surface area contributed by atoms with E-state index in [9.17, 15) is 9.59 Å². The van der Waals surface area contributed by atoms with E-state index in [1.165, 1.54) is 18.5 Å². The van der Waals surface area contributed by atoms with Gasteiger partial charge in [-0.3, -0.25) is 9.59 Å². The van der Waals surface area contributed by atoms with Crippen molar-refractivity contribution in [3.63, 3.8) is 0 Å². The van der Waals surface area contributed by atoms with Crippen molar-refractivity contribution in [2.45, 2.75) is 32.7 Å². The number of piperidine rings is 1. The molecule has 0 aliphatic carbocycles. The van der Waals surface area contributed by atoms with Gasteiger partial charge in [0.05, 0.1) is 0 Å². The molecule has 2 aromatic rings. The average molecular weight is 380 g/mol. The van der Waals surface area contributed by atoms with Crippen molar-refractivity contribution in [3.05, 3.63) is 54.1 Å². The van der Waals surface area contributed by atoms with Gasteiger partial charge in [-0.15, -0.1) is 0 Å². The van der Waals surface area contributed by atoms with Gasteiger partial charge < -0.3 is 21.3 Å². The second-order valence-corrected chi connectivity index (χ2v) is 7.46. The summed E-state index contributed by atoms with van der Waals surface area (Å²) in [6.45, 7) is 4.96. The van der Waals surface area contributed by atoms with Gasteiger partial charge in [0.25, 0.3) is 0 Å². The van der Waals surface area contributed by atoms with Crippen molar-refractivity contribution < 1.29 is 9.59 Å². The molecule has 1 saturated heterocycles. The number of hydrogen-bond acceptors (Lipinski definition) is 4. The van der Waals surface area contributed by atoms with Crippen LogP contribution in [0.1, 0.15) is 31.7 Å². The van der Waals surface area contributed by atoms with Crippen LogP contribution in [0.5, 0.6) is 0 Å². The number of carbonyl (C=O) groups excluding carboxylic acids is 2. The van der Waals surface area contributed by atoms with Gasteiger partial charge in [0, 0.05) is 36.7 Å². The highest BCUT2D eigenvalue weighted by Crippen LogP contribution is 2.25. The Bertz CT molecular complexity index is 794. The third-order valence-electron chi connectivity index (χ3n) is 5.08. The van der Waals surface area contributed by atoms with Crippen LogP contribution < -0.4 is 21.3 Å². The molecule has 28 heavy (non-hydrogen) atoms. The van der Waals surface area contributed by atoms with Gasteiger partial charge in [0.1, 0.15) is 6.42 Å². The molecule has 0 spiro atoms. The third kappa shape index (κ3) is 5.74. The number of benzene rings is 2. The van der Waals surface area contributed by atoms with E-state index < -0.39 is 5.91 Å². The Hall–Kier alpha value is -3.02. The highest BCUT2D eigenvalue weighted by Gasteiger charge is 2.15. The van der Waals surface area contributed by atoms with Crippen LogP contribution in [0.2, 0.25) is 0 Å². The Morgan fingerprint density at radius 3 is 2.14 bits per heavy atom. The molecule has 6 heteroatoms. The topological polar surface area (TPSA) is 87.5 Å². The largest absolute Gasteiger partial charge is 0.372 e. The van der Waals surface area contributed by atoms with E-state index in [0.717, 1.165) is 35.9 Å². The van der Waals surface area contributed by atoms with Gasteiger partial charge in [0.15, 0.2) is 0 Å². The third-order valence-corrected chi connectivity index (χ3v) is 5.08. The molecule has 0 bridgehead atoms. The average Bonchev–Trinajstić information content (AvgIpc) is 2.68. The van der Waals surface area contributed by atoms with E-state index in [4.69, 9.17) is 5.73 Å². The molecule has 148 valence electrons. The number of hydrogen-bond donors (Lipinski definition) is 3. The minimum absolute atomic E-state index is 0.286. The minimum atomic E-state index is -0.627. The molecule has 2 amide bonds. The minimum Gasteiger partial charge on any atom is -0.372 e. The van der Waals surface area contributed by atoms with Gasteiger partial charge >= 0.3 is 0 Å². The van der Waals surface area contributed by atoms with Crippen LogP contribution in [0.15, 0.2) is 48.5 Å². The number of nitrogens with one attached hydrogen (secondary N) is 2. The van der Waals surface area contributed by atoms with Gasteiger partial charge in [-0.25, -0.2) is 0 Å².